The summed E-state index contributed by atoms with van der Waals surface area (Å²) in [6.07, 6.45) is -10.6. The molecule has 0 aliphatic carbocycles. The molecular formula is C19H30N7O26P5. The van der Waals surface area contributed by atoms with Gasteiger partial charge in [-0.15, -0.1) is 0 Å². The van der Waals surface area contributed by atoms with Crippen LogP contribution in [0.2, 0.25) is 0 Å². The summed E-state index contributed by atoms with van der Waals surface area (Å²) < 4.78 is 87.3. The van der Waals surface area contributed by atoms with E-state index in [0.29, 0.717) is 0 Å². The highest BCUT2D eigenvalue weighted by Gasteiger charge is 2.48. The van der Waals surface area contributed by atoms with Crippen molar-refractivity contribution in [1.29, 1.82) is 0 Å². The number of phosphoric ester groups is 2. The normalized spacial score (nSPS) is 28.6. The van der Waals surface area contributed by atoms with Crippen molar-refractivity contribution in [3.8, 4) is 0 Å². The van der Waals surface area contributed by atoms with Crippen LogP contribution >= 0.6 is 39.1 Å². The van der Waals surface area contributed by atoms with Crippen LogP contribution < -0.4 is 22.5 Å². The zero-order valence-electron chi connectivity index (χ0n) is 27.4. The van der Waals surface area contributed by atoms with Gasteiger partial charge in [-0.05, 0) is 0 Å². The molecule has 15 N–H and O–H groups in total. The highest BCUT2D eigenvalue weighted by atomic mass is 31.3. The fourth-order valence-electron chi connectivity index (χ4n) is 4.75. The van der Waals surface area contributed by atoms with Crippen LogP contribution in [0.3, 0.4) is 0 Å². The van der Waals surface area contributed by atoms with Crippen molar-refractivity contribution in [1.82, 2.24) is 29.1 Å². The Morgan fingerprint density at radius 1 is 0.702 bits per heavy atom. The molecule has 2 aliphatic rings. The summed E-state index contributed by atoms with van der Waals surface area (Å²) in [5, 5.41) is 40.2. The minimum atomic E-state index is -5.73. The van der Waals surface area contributed by atoms with E-state index in [1.807, 2.05) is 4.98 Å². The Balaban J connectivity index is 0.000000261. The number of aliphatic hydroxyl groups excluding tert-OH is 4. The van der Waals surface area contributed by atoms with Crippen molar-refractivity contribution in [3.63, 3.8) is 0 Å². The lowest BCUT2D eigenvalue weighted by molar-refractivity contribution is -0.0542. The van der Waals surface area contributed by atoms with Gasteiger partial charge in [-0.2, -0.15) is 17.9 Å². The SMILES string of the molecule is Nc1nc2c(ncn2[C@@H]2O[C@H](COP(=O)(O)OP(=O)(O)OP(=O)(O)O)[C@@H](O)[C@H]2O)c(=O)[nH]1.O=c1ccn([C@@H]2O[C@H](COP(=O)(O)OP(=O)(O)O)[C@@H](O)[C@H]2O)c(=O)[nH]1. The van der Waals surface area contributed by atoms with Crippen LogP contribution in [0.15, 0.2) is 33.0 Å². The third-order valence-corrected chi connectivity index (χ3v) is 12.9. The largest absolute Gasteiger partial charge is 0.490 e. The van der Waals surface area contributed by atoms with E-state index in [1.165, 1.54) is 0 Å². The number of nitrogens with two attached hydrogens (primary N) is 1. The van der Waals surface area contributed by atoms with Gasteiger partial charge in [-0.25, -0.2) is 32.6 Å². The molecule has 0 bridgehead atoms. The maximum Gasteiger partial charge on any atom is 0.490 e. The molecule has 3 aromatic heterocycles. The molecule has 5 rings (SSSR count). The number of hydrogen-bond acceptors (Lipinski definition) is 22. The van der Waals surface area contributed by atoms with Crippen molar-refractivity contribution >= 4 is 56.2 Å². The second-order valence-electron chi connectivity index (χ2n) is 11.1. The molecule has 322 valence electrons. The number of anilines is 1. The van der Waals surface area contributed by atoms with E-state index in [-0.39, 0.29) is 17.1 Å². The van der Waals surface area contributed by atoms with Crippen molar-refractivity contribution in [3.05, 3.63) is 49.8 Å². The molecule has 0 radical (unpaired) electrons. The Labute approximate surface area is 312 Å². The first-order valence-electron chi connectivity index (χ1n) is 14.6. The van der Waals surface area contributed by atoms with Gasteiger partial charge in [0.1, 0.15) is 36.6 Å². The van der Waals surface area contributed by atoms with Crippen LogP contribution in [-0.2, 0) is 54.3 Å². The standard InChI is InChI=1S/C10H16N5O14P3.C9H14N2O12P2/c11-10-13-7-4(8(18)14-10)12-2-15(7)9-6(17)5(16)3(27-9)1-26-31(22,23)29-32(24,25)28-30(19,20)21;12-5-1-2-11(9(15)10-5)8-7(14)6(13)4(22-8)3-21-25(19,20)23-24(16,17)18/h2-3,5-6,9,16-17H,1H2,(H,22,23)(H,24,25)(H2,19,20,21)(H3,11,13,14,18);1-2,4,6-8,13-14H,3H2,(H,19,20)(H,10,12,15)(H2,16,17,18)/t3-,5-,6-,9-;4-,6-,7-,8-/m11/s1. The Morgan fingerprint density at radius 3 is 1.67 bits per heavy atom. The fraction of sp³-hybridized carbons (Fsp3) is 0.526. The van der Waals surface area contributed by atoms with Crippen molar-refractivity contribution in [2.24, 2.45) is 0 Å². The lowest BCUT2D eigenvalue weighted by Gasteiger charge is -2.19. The van der Waals surface area contributed by atoms with E-state index in [1.54, 1.807) is 0 Å². The molecule has 0 saturated carbocycles. The molecule has 3 aromatic rings. The number of nitrogens with zero attached hydrogens (tertiary/aromatic N) is 4. The first-order valence-corrected chi connectivity index (χ1v) is 22.1. The number of rotatable bonds is 14. The van der Waals surface area contributed by atoms with E-state index < -0.39 is 118 Å². The van der Waals surface area contributed by atoms with Crippen LogP contribution in [0.25, 0.3) is 11.2 Å². The summed E-state index contributed by atoms with van der Waals surface area (Å²) in [6.45, 7) is -1.91. The maximum absolute atomic E-state index is 11.9. The minimum Gasteiger partial charge on any atom is -0.387 e. The minimum absolute atomic E-state index is 0.115. The summed E-state index contributed by atoms with van der Waals surface area (Å²) in [6, 6.07) is 0.962. The van der Waals surface area contributed by atoms with Crippen LogP contribution in [0.1, 0.15) is 12.5 Å². The maximum atomic E-state index is 11.9. The number of aromatic nitrogens is 6. The number of aromatic amines is 2. The van der Waals surface area contributed by atoms with Gasteiger partial charge in [0.15, 0.2) is 23.6 Å². The Hall–Kier alpha value is -2.74. The Bertz CT molecular complexity index is 2350. The molecule has 57 heavy (non-hydrogen) atoms. The molecular weight excluding hydrogens is 897 g/mol. The van der Waals surface area contributed by atoms with E-state index in [4.69, 9.17) is 44.6 Å². The molecule has 5 heterocycles. The van der Waals surface area contributed by atoms with Gasteiger partial charge in [0.25, 0.3) is 11.1 Å². The van der Waals surface area contributed by atoms with Crippen LogP contribution in [0.5, 0.6) is 0 Å². The molecule has 2 saturated heterocycles. The molecule has 38 heteroatoms. The third kappa shape index (κ3) is 12.6. The van der Waals surface area contributed by atoms with Gasteiger partial charge in [-0.1, -0.05) is 0 Å². The third-order valence-electron chi connectivity index (χ3n) is 6.95. The Kier molecular flexibility index (Phi) is 14.4. The smallest absolute Gasteiger partial charge is 0.387 e. The molecule has 2 fully saturated rings. The van der Waals surface area contributed by atoms with Crippen molar-refractivity contribution < 1.29 is 109 Å². The van der Waals surface area contributed by atoms with Crippen LogP contribution in [-0.4, -0.2) is 134 Å². The van der Waals surface area contributed by atoms with Gasteiger partial charge in [0.2, 0.25) is 5.95 Å². The van der Waals surface area contributed by atoms with Crippen LogP contribution in [0, 0.1) is 0 Å². The van der Waals surface area contributed by atoms with Crippen LogP contribution in [0.4, 0.5) is 5.95 Å². The number of nitrogen functional groups attached to an aromatic ring is 1. The topological polar surface area (TPSA) is 517 Å². The average Bonchev–Trinajstić information content (AvgIpc) is 3.66. The summed E-state index contributed by atoms with van der Waals surface area (Å²) in [5.74, 6) is -0.276. The highest BCUT2D eigenvalue weighted by Crippen LogP contribution is 2.66. The predicted octanol–water partition coefficient (Wildman–Crippen LogP) is -4.95. The Morgan fingerprint density at radius 2 is 1.18 bits per heavy atom. The number of nitrogens with one attached hydrogen (secondary N) is 2. The average molecular weight is 927 g/mol. The van der Waals surface area contributed by atoms with E-state index in [2.05, 4.69) is 36.9 Å². The number of aliphatic hydroxyl groups is 4. The lowest BCUT2D eigenvalue weighted by Crippen LogP contribution is -2.37. The number of phosphoric acid groups is 5. The van der Waals surface area contributed by atoms with Gasteiger partial charge < -0.3 is 69.9 Å². The fourth-order valence-corrected chi connectivity index (χ4v) is 9.38. The summed E-state index contributed by atoms with van der Waals surface area (Å²) in [5.41, 5.74) is 2.85. The van der Waals surface area contributed by atoms with E-state index in [9.17, 15) is 62.5 Å². The molecule has 33 nitrogen and oxygen atoms in total. The van der Waals surface area contributed by atoms with E-state index in [0.717, 1.165) is 27.7 Å². The zero-order valence-corrected chi connectivity index (χ0v) is 31.9. The van der Waals surface area contributed by atoms with Gasteiger partial charge in [0, 0.05) is 12.3 Å². The molecule has 11 atom stereocenters. The highest BCUT2D eigenvalue weighted by molar-refractivity contribution is 7.66. The van der Waals surface area contributed by atoms with Gasteiger partial charge in [-0.3, -0.25) is 37.7 Å². The zero-order chi connectivity index (χ0) is 43.1. The second-order valence-corrected chi connectivity index (χ2v) is 18.4. The monoisotopic (exact) mass is 927 g/mol. The van der Waals surface area contributed by atoms with Crippen molar-refractivity contribution in [2.45, 2.75) is 49.1 Å². The second kappa shape index (κ2) is 17.5. The molecule has 2 aliphatic heterocycles. The van der Waals surface area contributed by atoms with E-state index >= 15 is 0 Å². The summed E-state index contributed by atoms with van der Waals surface area (Å²) in [7, 11) is -27.3. The molecule has 0 amide bonds. The number of imidazole rings is 1. The van der Waals surface area contributed by atoms with Crippen molar-refractivity contribution in [2.75, 3.05) is 18.9 Å². The number of ether oxygens (including phenoxy) is 2. The molecule has 0 aromatic carbocycles. The number of hydrogen-bond donors (Lipinski definition) is 14. The summed E-state index contributed by atoms with van der Waals surface area (Å²) >= 11 is 0. The van der Waals surface area contributed by atoms with Gasteiger partial charge in [0.05, 0.1) is 19.5 Å². The lowest BCUT2D eigenvalue weighted by atomic mass is 10.1. The number of fused-ring (bicyclic) bond motifs is 1. The number of H-pyrrole nitrogens is 2. The quantitative estimate of drug-likeness (QED) is 0.0673. The summed E-state index contributed by atoms with van der Waals surface area (Å²) in [4.78, 5) is 108. The first-order chi connectivity index (χ1) is 26.0. The molecule has 3 unspecified atom stereocenters. The predicted molar refractivity (Wildman–Crippen MR) is 174 cm³/mol. The first kappa shape index (κ1) is 46.9. The molecule has 0 spiro atoms. The van der Waals surface area contributed by atoms with Gasteiger partial charge >= 0.3 is 44.8 Å².